The third-order valence-corrected chi connectivity index (χ3v) is 3.42. The molecule has 2 N–H and O–H groups in total. The average molecular weight is 238 g/mol. The van der Waals surface area contributed by atoms with Crippen LogP contribution in [0, 0.1) is 6.92 Å². The molecule has 5 heteroatoms. The Balaban J connectivity index is 2.36. The maximum atomic E-state index is 6.16. The van der Waals surface area contributed by atoms with Crippen LogP contribution in [-0.2, 0) is 11.3 Å². The van der Waals surface area contributed by atoms with Crippen LogP contribution < -0.4 is 10.6 Å². The van der Waals surface area contributed by atoms with E-state index in [0.717, 1.165) is 49.9 Å². The second kappa shape index (κ2) is 4.96. The van der Waals surface area contributed by atoms with Gasteiger partial charge in [0.15, 0.2) is 5.82 Å². The summed E-state index contributed by atoms with van der Waals surface area (Å²) in [7, 11) is 0. The predicted octanol–water partition coefficient (Wildman–Crippen LogP) is 1.41. The van der Waals surface area contributed by atoms with Crippen molar-refractivity contribution in [2.24, 2.45) is 0 Å². The third kappa shape index (κ3) is 2.11. The molecule has 1 aliphatic rings. The SMILES string of the molecule is CCC1COCCN1c1c(N)c(C)nn1CC. The maximum absolute atomic E-state index is 6.16. The highest BCUT2D eigenvalue weighted by Crippen LogP contribution is 2.29. The van der Waals surface area contributed by atoms with E-state index in [4.69, 9.17) is 10.5 Å². The number of ether oxygens (including phenoxy) is 1. The van der Waals surface area contributed by atoms with Gasteiger partial charge in [-0.3, -0.25) is 0 Å². The molecule has 1 aromatic heterocycles. The molecule has 2 rings (SSSR count). The van der Waals surface area contributed by atoms with Gasteiger partial charge >= 0.3 is 0 Å². The van der Waals surface area contributed by atoms with Crippen molar-refractivity contribution in [2.45, 2.75) is 39.8 Å². The lowest BCUT2D eigenvalue weighted by Crippen LogP contribution is -2.46. The summed E-state index contributed by atoms with van der Waals surface area (Å²) >= 11 is 0. The van der Waals surface area contributed by atoms with Crippen LogP contribution in [0.3, 0.4) is 0 Å². The molecule has 0 spiro atoms. The zero-order chi connectivity index (χ0) is 12.4. The number of hydrogen-bond donors (Lipinski definition) is 1. The van der Waals surface area contributed by atoms with Crippen LogP contribution in [0.5, 0.6) is 0 Å². The summed E-state index contributed by atoms with van der Waals surface area (Å²) in [6.07, 6.45) is 1.06. The third-order valence-electron chi connectivity index (χ3n) is 3.42. The van der Waals surface area contributed by atoms with Gasteiger partial charge < -0.3 is 15.4 Å². The van der Waals surface area contributed by atoms with Crippen LogP contribution in [0.25, 0.3) is 0 Å². The highest BCUT2D eigenvalue weighted by atomic mass is 16.5. The molecule has 0 aromatic carbocycles. The standard InChI is InChI=1S/C12H22N4O/c1-4-10-8-17-7-6-15(10)12-11(13)9(3)14-16(12)5-2/h10H,4-8,13H2,1-3H3. The Labute approximate surface area is 103 Å². The van der Waals surface area contributed by atoms with Crippen molar-refractivity contribution in [3.63, 3.8) is 0 Å². The van der Waals surface area contributed by atoms with Crippen LogP contribution in [0.15, 0.2) is 0 Å². The van der Waals surface area contributed by atoms with Crippen molar-refractivity contribution in [1.29, 1.82) is 0 Å². The Morgan fingerprint density at radius 3 is 2.88 bits per heavy atom. The molecule has 5 nitrogen and oxygen atoms in total. The Morgan fingerprint density at radius 2 is 2.24 bits per heavy atom. The van der Waals surface area contributed by atoms with Gasteiger partial charge in [0.25, 0.3) is 0 Å². The molecular formula is C12H22N4O. The fraction of sp³-hybridized carbons (Fsp3) is 0.750. The number of nitrogens with zero attached hydrogens (tertiary/aromatic N) is 3. The number of aryl methyl sites for hydroxylation is 2. The van der Waals surface area contributed by atoms with E-state index in [1.807, 2.05) is 11.6 Å². The number of aromatic nitrogens is 2. The van der Waals surface area contributed by atoms with E-state index in [1.54, 1.807) is 0 Å². The van der Waals surface area contributed by atoms with E-state index in [1.165, 1.54) is 0 Å². The largest absolute Gasteiger partial charge is 0.394 e. The van der Waals surface area contributed by atoms with Crippen molar-refractivity contribution in [3.8, 4) is 0 Å². The summed E-state index contributed by atoms with van der Waals surface area (Å²) in [5, 5.41) is 4.48. The molecule has 0 amide bonds. The van der Waals surface area contributed by atoms with Crippen LogP contribution in [0.1, 0.15) is 26.0 Å². The Hall–Kier alpha value is -1.23. The quantitative estimate of drug-likeness (QED) is 0.865. The molecule has 1 aromatic rings. The summed E-state index contributed by atoms with van der Waals surface area (Å²) in [5.74, 6) is 1.07. The molecule has 0 bridgehead atoms. The molecule has 0 aliphatic carbocycles. The topological polar surface area (TPSA) is 56.3 Å². The van der Waals surface area contributed by atoms with E-state index < -0.39 is 0 Å². The lowest BCUT2D eigenvalue weighted by Gasteiger charge is -2.37. The highest BCUT2D eigenvalue weighted by Gasteiger charge is 2.27. The number of rotatable bonds is 3. The summed E-state index contributed by atoms with van der Waals surface area (Å²) in [6.45, 7) is 9.54. The zero-order valence-corrected chi connectivity index (χ0v) is 10.9. The fourth-order valence-electron chi connectivity index (χ4n) is 2.38. The van der Waals surface area contributed by atoms with Gasteiger partial charge in [0.2, 0.25) is 0 Å². The zero-order valence-electron chi connectivity index (χ0n) is 10.9. The number of nitrogens with two attached hydrogens (primary N) is 1. The molecule has 0 saturated carbocycles. The molecule has 1 atom stereocenters. The van der Waals surface area contributed by atoms with Crippen molar-refractivity contribution in [1.82, 2.24) is 9.78 Å². The van der Waals surface area contributed by atoms with Gasteiger partial charge in [-0.2, -0.15) is 5.10 Å². The summed E-state index contributed by atoms with van der Waals surface area (Å²) < 4.78 is 7.53. The van der Waals surface area contributed by atoms with Gasteiger partial charge in [0.1, 0.15) is 0 Å². The first-order chi connectivity index (χ1) is 8.19. The van der Waals surface area contributed by atoms with Gasteiger partial charge in [-0.1, -0.05) is 6.92 Å². The Morgan fingerprint density at radius 1 is 1.47 bits per heavy atom. The Kier molecular flexibility index (Phi) is 3.57. The summed E-state index contributed by atoms with van der Waals surface area (Å²) in [5.41, 5.74) is 7.89. The lowest BCUT2D eigenvalue weighted by atomic mass is 10.1. The first-order valence-electron chi connectivity index (χ1n) is 6.36. The van der Waals surface area contributed by atoms with Crippen molar-refractivity contribution >= 4 is 11.5 Å². The smallest absolute Gasteiger partial charge is 0.151 e. The molecule has 17 heavy (non-hydrogen) atoms. The number of hydrogen-bond acceptors (Lipinski definition) is 4. The molecule has 1 aliphatic heterocycles. The first-order valence-corrected chi connectivity index (χ1v) is 6.36. The normalized spacial score (nSPS) is 20.9. The number of morpholine rings is 1. The minimum absolute atomic E-state index is 0.410. The molecule has 1 saturated heterocycles. The molecule has 96 valence electrons. The van der Waals surface area contributed by atoms with Crippen molar-refractivity contribution in [3.05, 3.63) is 5.69 Å². The number of anilines is 2. The molecular weight excluding hydrogens is 216 g/mol. The van der Waals surface area contributed by atoms with Crippen molar-refractivity contribution in [2.75, 3.05) is 30.4 Å². The minimum Gasteiger partial charge on any atom is -0.394 e. The highest BCUT2D eigenvalue weighted by molar-refractivity contribution is 5.66. The summed E-state index contributed by atoms with van der Waals surface area (Å²) in [4.78, 5) is 2.35. The molecule has 0 radical (unpaired) electrons. The predicted molar refractivity (Wildman–Crippen MR) is 69.3 cm³/mol. The van der Waals surface area contributed by atoms with Crippen LogP contribution in [0.2, 0.25) is 0 Å². The van der Waals surface area contributed by atoms with E-state index >= 15 is 0 Å². The maximum Gasteiger partial charge on any atom is 0.151 e. The fourth-order valence-corrected chi connectivity index (χ4v) is 2.38. The van der Waals surface area contributed by atoms with Gasteiger partial charge in [-0.25, -0.2) is 4.68 Å². The van der Waals surface area contributed by atoms with Crippen LogP contribution in [0.4, 0.5) is 11.5 Å². The van der Waals surface area contributed by atoms with Crippen molar-refractivity contribution < 1.29 is 4.74 Å². The van der Waals surface area contributed by atoms with E-state index in [2.05, 4.69) is 23.8 Å². The second-order valence-corrected chi connectivity index (χ2v) is 4.47. The minimum atomic E-state index is 0.410. The van der Waals surface area contributed by atoms with E-state index in [0.29, 0.717) is 6.04 Å². The van der Waals surface area contributed by atoms with E-state index in [-0.39, 0.29) is 0 Å². The van der Waals surface area contributed by atoms with Gasteiger partial charge in [0.05, 0.1) is 30.6 Å². The van der Waals surface area contributed by atoms with Gasteiger partial charge in [-0.05, 0) is 20.3 Å². The average Bonchev–Trinajstić information content (AvgIpc) is 2.65. The summed E-state index contributed by atoms with van der Waals surface area (Å²) in [6, 6.07) is 0.410. The lowest BCUT2D eigenvalue weighted by molar-refractivity contribution is 0.0921. The monoisotopic (exact) mass is 238 g/mol. The van der Waals surface area contributed by atoms with Gasteiger partial charge in [-0.15, -0.1) is 0 Å². The van der Waals surface area contributed by atoms with Gasteiger partial charge in [0, 0.05) is 13.1 Å². The molecule has 1 fully saturated rings. The second-order valence-electron chi connectivity index (χ2n) is 4.47. The number of nitrogen functional groups attached to an aromatic ring is 1. The van der Waals surface area contributed by atoms with Crippen LogP contribution in [-0.4, -0.2) is 35.6 Å². The Bertz CT molecular complexity index is 388. The first kappa shape index (κ1) is 12.2. The van der Waals surface area contributed by atoms with E-state index in [9.17, 15) is 0 Å². The van der Waals surface area contributed by atoms with Crippen LogP contribution >= 0.6 is 0 Å². The molecule has 2 heterocycles. The molecule has 1 unspecified atom stereocenters.